The summed E-state index contributed by atoms with van der Waals surface area (Å²) in [4.78, 5) is 4.14. The van der Waals surface area contributed by atoms with E-state index in [2.05, 4.69) is 35.0 Å². The van der Waals surface area contributed by atoms with Crippen LogP contribution in [0.2, 0.25) is 0 Å². The van der Waals surface area contributed by atoms with Gasteiger partial charge < -0.3 is 4.42 Å². The smallest absolute Gasteiger partial charge is 0.285 e. The van der Waals surface area contributed by atoms with Gasteiger partial charge in [0.1, 0.15) is 5.69 Å². The van der Waals surface area contributed by atoms with E-state index in [1.165, 1.54) is 17.9 Å². The molecular weight excluding hydrogens is 218 g/mol. The van der Waals surface area contributed by atoms with Crippen molar-refractivity contribution in [3.05, 3.63) is 11.8 Å². The summed E-state index contributed by atoms with van der Waals surface area (Å²) in [5.41, 5.74) is 0.613. The number of H-pyrrole nitrogens is 1. The standard InChI is InChI=1S/C6H3N7OS/c1-3(9-13-15-1)4-8-5(11-10-4)6-12-7-2-14-6/h1-2H,(H,8,10,11). The molecule has 0 aliphatic carbocycles. The van der Waals surface area contributed by atoms with Crippen LogP contribution in [0.3, 0.4) is 0 Å². The molecule has 3 aromatic heterocycles. The third kappa shape index (κ3) is 1.38. The lowest BCUT2D eigenvalue weighted by atomic mass is 10.5. The van der Waals surface area contributed by atoms with Crippen LogP contribution >= 0.6 is 11.5 Å². The van der Waals surface area contributed by atoms with Crippen molar-refractivity contribution < 1.29 is 4.42 Å². The first-order valence-corrected chi connectivity index (χ1v) is 4.73. The van der Waals surface area contributed by atoms with Crippen molar-refractivity contribution in [2.75, 3.05) is 0 Å². The number of hydrogen-bond donors (Lipinski definition) is 1. The largest absolute Gasteiger partial charge is 0.421 e. The molecule has 8 nitrogen and oxygen atoms in total. The summed E-state index contributed by atoms with van der Waals surface area (Å²) in [5.74, 6) is 1.16. The average Bonchev–Trinajstić information content (AvgIpc) is 3.02. The van der Waals surface area contributed by atoms with Gasteiger partial charge in [-0.3, -0.25) is 5.10 Å². The molecule has 0 aromatic carbocycles. The molecule has 1 N–H and O–H groups in total. The molecule has 3 heterocycles. The second-order valence-electron chi connectivity index (χ2n) is 2.54. The molecule has 0 aliphatic rings. The Morgan fingerprint density at radius 3 is 3.07 bits per heavy atom. The first kappa shape index (κ1) is 8.17. The second kappa shape index (κ2) is 3.20. The number of aromatic nitrogens is 7. The van der Waals surface area contributed by atoms with Crippen LogP contribution in [0.15, 0.2) is 16.2 Å². The van der Waals surface area contributed by atoms with Gasteiger partial charge in [-0.15, -0.1) is 15.3 Å². The monoisotopic (exact) mass is 221 g/mol. The molecular formula is C6H3N7OS. The lowest BCUT2D eigenvalue weighted by Crippen LogP contribution is -1.81. The van der Waals surface area contributed by atoms with E-state index < -0.39 is 0 Å². The summed E-state index contributed by atoms with van der Waals surface area (Å²) in [7, 11) is 0. The zero-order chi connectivity index (χ0) is 10.1. The lowest BCUT2D eigenvalue weighted by molar-refractivity contribution is 0.564. The highest BCUT2D eigenvalue weighted by Crippen LogP contribution is 2.16. The zero-order valence-electron chi connectivity index (χ0n) is 7.15. The van der Waals surface area contributed by atoms with Crippen LogP contribution in [-0.4, -0.2) is 35.0 Å². The Morgan fingerprint density at radius 2 is 2.33 bits per heavy atom. The van der Waals surface area contributed by atoms with Crippen LogP contribution in [0.1, 0.15) is 0 Å². The van der Waals surface area contributed by atoms with Crippen molar-refractivity contribution in [3.63, 3.8) is 0 Å². The van der Waals surface area contributed by atoms with Gasteiger partial charge in [-0.05, 0) is 11.5 Å². The quantitative estimate of drug-likeness (QED) is 0.666. The normalized spacial score (nSPS) is 10.7. The molecule has 0 spiro atoms. The van der Waals surface area contributed by atoms with Crippen molar-refractivity contribution in [1.29, 1.82) is 0 Å². The predicted molar refractivity (Wildman–Crippen MR) is 48.6 cm³/mol. The van der Waals surface area contributed by atoms with Gasteiger partial charge in [0.25, 0.3) is 5.89 Å². The summed E-state index contributed by atoms with van der Waals surface area (Å²) >= 11 is 1.23. The van der Waals surface area contributed by atoms with Crippen molar-refractivity contribution in [2.24, 2.45) is 0 Å². The molecule has 3 aromatic rings. The molecule has 0 radical (unpaired) electrons. The van der Waals surface area contributed by atoms with Gasteiger partial charge in [0.15, 0.2) is 0 Å². The van der Waals surface area contributed by atoms with E-state index in [1.807, 2.05) is 0 Å². The first-order valence-electron chi connectivity index (χ1n) is 3.90. The van der Waals surface area contributed by atoms with Crippen molar-refractivity contribution in [1.82, 2.24) is 35.0 Å². The minimum atomic E-state index is 0.289. The molecule has 3 rings (SSSR count). The molecule has 0 saturated heterocycles. The first-order chi connectivity index (χ1) is 7.43. The predicted octanol–water partition coefficient (Wildman–Crippen LogP) is 0.373. The van der Waals surface area contributed by atoms with Gasteiger partial charge >= 0.3 is 0 Å². The van der Waals surface area contributed by atoms with Gasteiger partial charge in [0.2, 0.25) is 18.0 Å². The second-order valence-corrected chi connectivity index (χ2v) is 3.15. The van der Waals surface area contributed by atoms with Gasteiger partial charge in [-0.25, -0.2) is 4.98 Å². The average molecular weight is 221 g/mol. The molecule has 0 bridgehead atoms. The molecule has 0 fully saturated rings. The molecule has 0 saturated carbocycles. The summed E-state index contributed by atoms with van der Waals surface area (Å²) in [6.07, 6.45) is 1.22. The van der Waals surface area contributed by atoms with Crippen LogP contribution in [0.4, 0.5) is 0 Å². The zero-order valence-corrected chi connectivity index (χ0v) is 7.97. The van der Waals surface area contributed by atoms with Crippen molar-refractivity contribution >= 4 is 11.5 Å². The van der Waals surface area contributed by atoms with Gasteiger partial charge in [-0.2, -0.15) is 5.10 Å². The van der Waals surface area contributed by atoms with Gasteiger partial charge in [-0.1, -0.05) is 4.49 Å². The Kier molecular flexibility index (Phi) is 1.75. The maximum atomic E-state index is 4.96. The van der Waals surface area contributed by atoms with Crippen molar-refractivity contribution in [3.8, 4) is 23.2 Å². The maximum absolute atomic E-state index is 4.96. The van der Waals surface area contributed by atoms with E-state index in [-0.39, 0.29) is 5.89 Å². The van der Waals surface area contributed by atoms with E-state index in [4.69, 9.17) is 4.42 Å². The number of nitrogens with one attached hydrogen (secondary N) is 1. The number of rotatable bonds is 2. The molecule has 9 heteroatoms. The van der Waals surface area contributed by atoms with E-state index in [9.17, 15) is 0 Å². The summed E-state index contributed by atoms with van der Waals surface area (Å²) in [5, 5.41) is 19.5. The van der Waals surface area contributed by atoms with Crippen LogP contribution in [-0.2, 0) is 0 Å². The highest BCUT2D eigenvalue weighted by Gasteiger charge is 2.12. The van der Waals surface area contributed by atoms with Crippen LogP contribution < -0.4 is 0 Å². The molecule has 0 unspecified atom stereocenters. The van der Waals surface area contributed by atoms with Crippen LogP contribution in [0.25, 0.3) is 23.2 Å². The minimum absolute atomic E-state index is 0.289. The van der Waals surface area contributed by atoms with Crippen LogP contribution in [0.5, 0.6) is 0 Å². The fraction of sp³-hybridized carbons (Fsp3) is 0. The molecule has 0 atom stereocenters. The van der Waals surface area contributed by atoms with Crippen LogP contribution in [0, 0.1) is 0 Å². The third-order valence-corrected chi connectivity index (χ3v) is 2.14. The van der Waals surface area contributed by atoms with Gasteiger partial charge in [0, 0.05) is 5.38 Å². The van der Waals surface area contributed by atoms with Crippen molar-refractivity contribution in [2.45, 2.75) is 0 Å². The number of aromatic amines is 1. The molecule has 15 heavy (non-hydrogen) atoms. The maximum Gasteiger partial charge on any atom is 0.285 e. The van der Waals surface area contributed by atoms with Gasteiger partial charge in [0.05, 0.1) is 0 Å². The Bertz CT molecular complexity index is 493. The summed E-state index contributed by atoms with van der Waals surface area (Å²) in [6.45, 7) is 0. The SMILES string of the molecule is c1nnc(-c2nc(-c3csnn3)n[nH]2)o1. The molecule has 74 valence electrons. The molecule has 0 aliphatic heterocycles. The van der Waals surface area contributed by atoms with E-state index >= 15 is 0 Å². The van der Waals surface area contributed by atoms with E-state index in [0.29, 0.717) is 17.3 Å². The third-order valence-electron chi connectivity index (χ3n) is 1.64. The fourth-order valence-corrected chi connectivity index (χ4v) is 1.44. The Morgan fingerprint density at radius 1 is 1.33 bits per heavy atom. The lowest BCUT2D eigenvalue weighted by Gasteiger charge is -1.82. The summed E-state index contributed by atoms with van der Waals surface area (Å²) in [6, 6.07) is 0. The number of hydrogen-bond acceptors (Lipinski definition) is 8. The highest BCUT2D eigenvalue weighted by atomic mass is 32.1. The van der Waals surface area contributed by atoms with E-state index in [1.54, 1.807) is 5.38 Å². The Labute approximate surface area is 86.6 Å². The summed E-state index contributed by atoms with van der Waals surface area (Å²) < 4.78 is 8.68. The fourth-order valence-electron chi connectivity index (χ4n) is 1.01. The minimum Gasteiger partial charge on any atom is -0.421 e. The Balaban J connectivity index is 2.02. The highest BCUT2D eigenvalue weighted by molar-refractivity contribution is 7.03. The van der Waals surface area contributed by atoms with E-state index in [0.717, 1.165) is 0 Å². The number of nitrogens with zero attached hydrogens (tertiary/aromatic N) is 6. The molecule has 0 amide bonds. The Hall–Kier alpha value is -2.16. The topological polar surface area (TPSA) is 106 Å².